The molecule has 0 saturated heterocycles. The molecule has 0 aliphatic rings. The quantitative estimate of drug-likeness (QED) is 0.573. The van der Waals surface area contributed by atoms with Crippen LogP contribution >= 0.6 is 11.8 Å². The summed E-state index contributed by atoms with van der Waals surface area (Å²) in [5.41, 5.74) is 0. The van der Waals surface area contributed by atoms with Crippen LogP contribution < -0.4 is 10.6 Å². The molecule has 0 spiro atoms. The van der Waals surface area contributed by atoms with Crippen LogP contribution in [-0.2, 0) is 4.79 Å². The van der Waals surface area contributed by atoms with Gasteiger partial charge in [-0.25, -0.2) is 0 Å². The summed E-state index contributed by atoms with van der Waals surface area (Å²) >= 11 is 1.84. The molecule has 0 saturated carbocycles. The largest absolute Gasteiger partial charge is 0.355 e. The van der Waals surface area contributed by atoms with Gasteiger partial charge in [0.15, 0.2) is 0 Å². The van der Waals surface area contributed by atoms with Gasteiger partial charge in [-0.2, -0.15) is 11.8 Å². The molecule has 0 fully saturated rings. The molecule has 12 heavy (non-hydrogen) atoms. The lowest BCUT2D eigenvalue weighted by Crippen LogP contribution is -2.28. The van der Waals surface area contributed by atoms with Crippen molar-refractivity contribution in [2.45, 2.75) is 13.3 Å². The molecule has 4 heteroatoms. The second kappa shape index (κ2) is 8.87. The predicted molar refractivity (Wildman–Crippen MR) is 54.6 cm³/mol. The molecule has 0 rings (SSSR count). The first kappa shape index (κ1) is 11.8. The van der Waals surface area contributed by atoms with Crippen molar-refractivity contribution in [3.8, 4) is 0 Å². The van der Waals surface area contributed by atoms with Crippen LogP contribution in [0.15, 0.2) is 0 Å². The second-order valence-corrected chi connectivity index (χ2v) is 3.79. The van der Waals surface area contributed by atoms with Crippen molar-refractivity contribution >= 4 is 17.7 Å². The van der Waals surface area contributed by atoms with E-state index in [1.165, 1.54) is 0 Å². The highest BCUT2D eigenvalue weighted by molar-refractivity contribution is 7.99. The standard InChI is InChI=1S/C8H18N2OS/c1-3-12-7-6-10-8(11)4-5-9-2/h9H,3-7H2,1-2H3,(H,10,11). The number of hydrogen-bond acceptors (Lipinski definition) is 3. The Morgan fingerprint density at radius 1 is 1.42 bits per heavy atom. The van der Waals surface area contributed by atoms with Gasteiger partial charge in [0.2, 0.25) is 5.91 Å². The van der Waals surface area contributed by atoms with E-state index in [4.69, 9.17) is 0 Å². The van der Waals surface area contributed by atoms with Crippen LogP contribution in [0.3, 0.4) is 0 Å². The van der Waals surface area contributed by atoms with Crippen LogP contribution in [0.25, 0.3) is 0 Å². The summed E-state index contributed by atoms with van der Waals surface area (Å²) in [6.45, 7) is 3.67. The van der Waals surface area contributed by atoms with E-state index in [1.807, 2.05) is 18.8 Å². The Hall–Kier alpha value is -0.220. The molecule has 0 radical (unpaired) electrons. The molecule has 0 aromatic rings. The highest BCUT2D eigenvalue weighted by atomic mass is 32.2. The average molecular weight is 190 g/mol. The molecule has 0 bridgehead atoms. The van der Waals surface area contributed by atoms with Crippen molar-refractivity contribution in [3.05, 3.63) is 0 Å². The van der Waals surface area contributed by atoms with Crippen molar-refractivity contribution < 1.29 is 4.79 Å². The van der Waals surface area contributed by atoms with E-state index < -0.39 is 0 Å². The monoisotopic (exact) mass is 190 g/mol. The summed E-state index contributed by atoms with van der Waals surface area (Å²) in [7, 11) is 1.85. The minimum absolute atomic E-state index is 0.140. The van der Waals surface area contributed by atoms with Crippen LogP contribution in [-0.4, -0.2) is 37.6 Å². The first-order valence-electron chi connectivity index (χ1n) is 4.30. The van der Waals surface area contributed by atoms with Gasteiger partial charge in [-0.15, -0.1) is 0 Å². The maximum absolute atomic E-state index is 11.0. The smallest absolute Gasteiger partial charge is 0.221 e. The molecule has 1 amide bonds. The zero-order valence-corrected chi connectivity index (χ0v) is 8.67. The Labute approximate surface area is 78.7 Å². The molecular formula is C8H18N2OS. The molecule has 3 nitrogen and oxygen atoms in total. The Bertz CT molecular complexity index is 120. The fourth-order valence-electron chi connectivity index (χ4n) is 0.734. The summed E-state index contributed by atoms with van der Waals surface area (Å²) in [6, 6.07) is 0. The van der Waals surface area contributed by atoms with Crippen molar-refractivity contribution in [1.29, 1.82) is 0 Å². The van der Waals surface area contributed by atoms with Crippen LogP contribution in [0.4, 0.5) is 0 Å². The number of nitrogens with one attached hydrogen (secondary N) is 2. The molecule has 0 aromatic carbocycles. The average Bonchev–Trinajstić information content (AvgIpc) is 2.09. The summed E-state index contributed by atoms with van der Waals surface area (Å²) < 4.78 is 0. The summed E-state index contributed by atoms with van der Waals surface area (Å²) in [4.78, 5) is 11.0. The lowest BCUT2D eigenvalue weighted by Gasteiger charge is -2.03. The van der Waals surface area contributed by atoms with E-state index in [-0.39, 0.29) is 5.91 Å². The fraction of sp³-hybridized carbons (Fsp3) is 0.875. The van der Waals surface area contributed by atoms with Gasteiger partial charge in [0, 0.05) is 25.3 Å². The highest BCUT2D eigenvalue weighted by Gasteiger charge is 1.97. The van der Waals surface area contributed by atoms with Crippen molar-refractivity contribution in [1.82, 2.24) is 10.6 Å². The van der Waals surface area contributed by atoms with Crippen LogP contribution in [0.1, 0.15) is 13.3 Å². The molecule has 0 aliphatic heterocycles. The Kier molecular flexibility index (Phi) is 8.71. The van der Waals surface area contributed by atoms with Gasteiger partial charge in [-0.05, 0) is 12.8 Å². The van der Waals surface area contributed by atoms with Crippen molar-refractivity contribution in [2.75, 3.05) is 31.6 Å². The Balaban J connectivity index is 3.08. The van der Waals surface area contributed by atoms with Gasteiger partial charge in [-0.3, -0.25) is 4.79 Å². The Morgan fingerprint density at radius 3 is 2.75 bits per heavy atom. The number of carbonyl (C=O) groups excluding carboxylic acids is 1. The molecule has 72 valence electrons. The van der Waals surface area contributed by atoms with E-state index in [0.29, 0.717) is 6.42 Å². The number of rotatable bonds is 7. The van der Waals surface area contributed by atoms with Gasteiger partial charge < -0.3 is 10.6 Å². The summed E-state index contributed by atoms with van der Waals surface area (Å²) in [5, 5.41) is 5.79. The third-order valence-corrected chi connectivity index (χ3v) is 2.28. The van der Waals surface area contributed by atoms with Gasteiger partial charge in [0.05, 0.1) is 0 Å². The normalized spacial score (nSPS) is 9.83. The van der Waals surface area contributed by atoms with Crippen LogP contribution in [0.2, 0.25) is 0 Å². The van der Waals surface area contributed by atoms with Gasteiger partial charge in [0.1, 0.15) is 0 Å². The summed E-state index contributed by atoms with van der Waals surface area (Å²) in [6.07, 6.45) is 0.577. The molecular weight excluding hydrogens is 172 g/mol. The van der Waals surface area contributed by atoms with E-state index in [0.717, 1.165) is 24.6 Å². The first-order valence-corrected chi connectivity index (χ1v) is 5.45. The third-order valence-electron chi connectivity index (χ3n) is 1.37. The zero-order valence-electron chi connectivity index (χ0n) is 7.85. The van der Waals surface area contributed by atoms with E-state index >= 15 is 0 Å². The van der Waals surface area contributed by atoms with Crippen LogP contribution in [0, 0.1) is 0 Å². The lowest BCUT2D eigenvalue weighted by atomic mass is 10.4. The fourth-order valence-corrected chi connectivity index (χ4v) is 1.27. The highest BCUT2D eigenvalue weighted by Crippen LogP contribution is 1.94. The SMILES string of the molecule is CCSCCNC(=O)CCNC. The second-order valence-electron chi connectivity index (χ2n) is 2.40. The van der Waals surface area contributed by atoms with Gasteiger partial charge in [-0.1, -0.05) is 6.92 Å². The minimum atomic E-state index is 0.140. The molecule has 2 N–H and O–H groups in total. The maximum atomic E-state index is 11.0. The number of hydrogen-bond donors (Lipinski definition) is 2. The predicted octanol–water partition coefficient (Wildman–Crippen LogP) is 0.465. The molecule has 0 heterocycles. The van der Waals surface area contributed by atoms with E-state index in [9.17, 15) is 4.79 Å². The number of thioether (sulfide) groups is 1. The minimum Gasteiger partial charge on any atom is -0.355 e. The Morgan fingerprint density at radius 2 is 2.17 bits per heavy atom. The van der Waals surface area contributed by atoms with Gasteiger partial charge >= 0.3 is 0 Å². The lowest BCUT2D eigenvalue weighted by molar-refractivity contribution is -0.120. The number of amides is 1. The molecule has 0 atom stereocenters. The van der Waals surface area contributed by atoms with Crippen molar-refractivity contribution in [2.24, 2.45) is 0 Å². The van der Waals surface area contributed by atoms with E-state index in [2.05, 4.69) is 17.6 Å². The van der Waals surface area contributed by atoms with E-state index in [1.54, 1.807) is 0 Å². The zero-order chi connectivity index (χ0) is 9.23. The number of carbonyl (C=O) groups is 1. The topological polar surface area (TPSA) is 41.1 Å². The molecule has 0 unspecified atom stereocenters. The third kappa shape index (κ3) is 7.88. The molecule has 0 aromatic heterocycles. The summed E-state index contributed by atoms with van der Waals surface area (Å²) in [5.74, 6) is 2.27. The van der Waals surface area contributed by atoms with Crippen LogP contribution in [0.5, 0.6) is 0 Å². The van der Waals surface area contributed by atoms with Crippen molar-refractivity contribution in [3.63, 3.8) is 0 Å². The first-order chi connectivity index (χ1) is 5.81. The molecule has 0 aliphatic carbocycles. The van der Waals surface area contributed by atoms with Gasteiger partial charge in [0.25, 0.3) is 0 Å². The maximum Gasteiger partial charge on any atom is 0.221 e.